The van der Waals surface area contributed by atoms with E-state index in [1.54, 1.807) is 24.3 Å². The maximum absolute atomic E-state index is 12.5. The lowest BCUT2D eigenvalue weighted by Crippen LogP contribution is -2.20. The topological polar surface area (TPSA) is 92.3 Å². The number of nitrogens with one attached hydrogen (secondary N) is 2. The van der Waals surface area contributed by atoms with E-state index in [0.29, 0.717) is 32.8 Å². The number of hydrogen-bond acceptors (Lipinski definition) is 6. The third-order valence-corrected chi connectivity index (χ3v) is 6.63. The van der Waals surface area contributed by atoms with Crippen LogP contribution in [-0.2, 0) is 4.79 Å². The maximum atomic E-state index is 12.5. The fraction of sp³-hybridized carbons (Fsp3) is 0.250. The van der Waals surface area contributed by atoms with Crippen LogP contribution in [0.1, 0.15) is 34.3 Å². The summed E-state index contributed by atoms with van der Waals surface area (Å²) in [6.07, 6.45) is 3.92. The van der Waals surface area contributed by atoms with E-state index in [0.717, 1.165) is 24.3 Å². The van der Waals surface area contributed by atoms with Crippen LogP contribution in [0, 0.1) is 6.92 Å². The Kier molecular flexibility index (Phi) is 8.79. The van der Waals surface area contributed by atoms with Crippen molar-refractivity contribution in [2.75, 3.05) is 37.0 Å². The summed E-state index contributed by atoms with van der Waals surface area (Å²) in [6.45, 7) is 3.91. The quantitative estimate of drug-likeness (QED) is 0.277. The SMILES string of the molecule is COc1cc(/C=N\NC(=O)c2ccc(N3CCCC3)cc2)c(Br)cc1OCC(=O)Nc1ccc(C)cc1. The van der Waals surface area contributed by atoms with Crippen molar-refractivity contribution >= 4 is 45.3 Å². The Balaban J connectivity index is 1.33. The van der Waals surface area contributed by atoms with Gasteiger partial charge < -0.3 is 19.7 Å². The predicted molar refractivity (Wildman–Crippen MR) is 149 cm³/mol. The summed E-state index contributed by atoms with van der Waals surface area (Å²) in [4.78, 5) is 27.1. The zero-order chi connectivity index (χ0) is 26.2. The Morgan fingerprint density at radius 3 is 2.41 bits per heavy atom. The van der Waals surface area contributed by atoms with Gasteiger partial charge in [0.2, 0.25) is 0 Å². The molecule has 3 aromatic rings. The lowest BCUT2D eigenvalue weighted by atomic mass is 10.2. The number of carbonyl (C=O) groups is 2. The number of ether oxygens (including phenoxy) is 2. The van der Waals surface area contributed by atoms with Crippen LogP contribution in [0.4, 0.5) is 11.4 Å². The third kappa shape index (κ3) is 7.10. The number of nitrogens with zero attached hydrogens (tertiary/aromatic N) is 2. The molecule has 0 atom stereocenters. The van der Waals surface area contributed by atoms with Gasteiger partial charge in [-0.15, -0.1) is 0 Å². The van der Waals surface area contributed by atoms with E-state index in [9.17, 15) is 9.59 Å². The molecule has 3 aromatic carbocycles. The highest BCUT2D eigenvalue weighted by Gasteiger charge is 2.14. The van der Waals surface area contributed by atoms with Crippen molar-refractivity contribution in [1.29, 1.82) is 0 Å². The molecule has 2 N–H and O–H groups in total. The molecule has 0 spiro atoms. The van der Waals surface area contributed by atoms with Crippen LogP contribution in [0.25, 0.3) is 0 Å². The van der Waals surface area contributed by atoms with Crippen LogP contribution in [0.15, 0.2) is 70.2 Å². The zero-order valence-corrected chi connectivity index (χ0v) is 22.4. The first-order chi connectivity index (χ1) is 17.9. The van der Waals surface area contributed by atoms with Crippen LogP contribution in [0.2, 0.25) is 0 Å². The van der Waals surface area contributed by atoms with Gasteiger partial charge in [-0.2, -0.15) is 5.10 Å². The molecule has 0 unspecified atom stereocenters. The smallest absolute Gasteiger partial charge is 0.271 e. The van der Waals surface area contributed by atoms with E-state index in [2.05, 4.69) is 36.7 Å². The molecular formula is C28H29BrN4O4. The van der Waals surface area contributed by atoms with Gasteiger partial charge >= 0.3 is 0 Å². The molecule has 2 amide bonds. The predicted octanol–water partition coefficient (Wildman–Crippen LogP) is 5.15. The number of carbonyl (C=O) groups excluding carboxylic acids is 2. The monoisotopic (exact) mass is 564 g/mol. The molecular weight excluding hydrogens is 536 g/mol. The summed E-state index contributed by atoms with van der Waals surface area (Å²) < 4.78 is 11.8. The molecule has 9 heteroatoms. The van der Waals surface area contributed by atoms with Crippen molar-refractivity contribution in [2.45, 2.75) is 19.8 Å². The minimum absolute atomic E-state index is 0.184. The molecule has 192 valence electrons. The van der Waals surface area contributed by atoms with Crippen molar-refractivity contribution in [2.24, 2.45) is 5.10 Å². The largest absolute Gasteiger partial charge is 0.493 e. The lowest BCUT2D eigenvalue weighted by Gasteiger charge is -2.17. The number of hydrazone groups is 1. The van der Waals surface area contributed by atoms with Crippen molar-refractivity contribution in [3.63, 3.8) is 0 Å². The van der Waals surface area contributed by atoms with Crippen molar-refractivity contribution in [3.8, 4) is 11.5 Å². The molecule has 1 heterocycles. The zero-order valence-electron chi connectivity index (χ0n) is 20.8. The molecule has 0 radical (unpaired) electrons. The van der Waals surface area contributed by atoms with Crippen LogP contribution in [-0.4, -0.2) is 44.8 Å². The molecule has 1 fully saturated rings. The molecule has 4 rings (SSSR count). The summed E-state index contributed by atoms with van der Waals surface area (Å²) in [6, 6.07) is 18.4. The molecule has 8 nitrogen and oxygen atoms in total. The average molecular weight is 565 g/mol. The van der Waals surface area contributed by atoms with Crippen LogP contribution in [0.5, 0.6) is 11.5 Å². The van der Waals surface area contributed by atoms with Gasteiger partial charge in [-0.3, -0.25) is 9.59 Å². The summed E-state index contributed by atoms with van der Waals surface area (Å²) >= 11 is 3.49. The van der Waals surface area contributed by atoms with Gasteiger partial charge in [0.25, 0.3) is 11.8 Å². The first kappa shape index (κ1) is 26.2. The van der Waals surface area contributed by atoms with E-state index < -0.39 is 0 Å². The Morgan fingerprint density at radius 1 is 1.03 bits per heavy atom. The molecule has 0 bridgehead atoms. The first-order valence-corrected chi connectivity index (χ1v) is 12.8. The number of anilines is 2. The number of benzene rings is 3. The number of amides is 2. The number of aryl methyl sites for hydroxylation is 1. The van der Waals surface area contributed by atoms with Gasteiger partial charge in [0.15, 0.2) is 18.1 Å². The Morgan fingerprint density at radius 2 is 1.73 bits per heavy atom. The van der Waals surface area contributed by atoms with Crippen molar-refractivity contribution in [1.82, 2.24) is 5.43 Å². The number of rotatable bonds is 9. The first-order valence-electron chi connectivity index (χ1n) is 12.0. The second kappa shape index (κ2) is 12.4. The summed E-state index contributed by atoms with van der Waals surface area (Å²) in [7, 11) is 1.51. The molecule has 0 aromatic heterocycles. The highest BCUT2D eigenvalue weighted by molar-refractivity contribution is 9.10. The molecule has 0 saturated carbocycles. The molecule has 0 aliphatic carbocycles. The van der Waals surface area contributed by atoms with Crippen LogP contribution < -0.4 is 25.1 Å². The fourth-order valence-corrected chi connectivity index (χ4v) is 4.35. The standard InChI is InChI=1S/C28H29BrN4O4/c1-19-5-9-22(10-6-19)31-27(34)18-37-26-16-24(29)21(15-25(26)36-2)17-30-32-28(35)20-7-11-23(12-8-20)33-13-3-4-14-33/h5-12,15-17H,3-4,13-14,18H2,1-2H3,(H,31,34)(H,32,35)/b30-17-. The van der Waals surface area contributed by atoms with Crippen LogP contribution >= 0.6 is 15.9 Å². The Hall–Kier alpha value is -3.85. The van der Waals surface area contributed by atoms with Crippen molar-refractivity contribution < 1.29 is 19.1 Å². The number of halogens is 1. The summed E-state index contributed by atoms with van der Waals surface area (Å²) in [5, 5.41) is 6.88. The van der Waals surface area contributed by atoms with E-state index in [4.69, 9.17) is 9.47 Å². The van der Waals surface area contributed by atoms with Gasteiger partial charge in [0.05, 0.1) is 13.3 Å². The van der Waals surface area contributed by atoms with E-state index >= 15 is 0 Å². The summed E-state index contributed by atoms with van der Waals surface area (Å²) in [5.74, 6) is 0.236. The van der Waals surface area contributed by atoms with Gasteiger partial charge in [-0.05, 0) is 84.2 Å². The lowest BCUT2D eigenvalue weighted by molar-refractivity contribution is -0.118. The van der Waals surface area contributed by atoms with E-state index in [-0.39, 0.29) is 18.4 Å². The normalized spacial score (nSPS) is 13.0. The van der Waals surface area contributed by atoms with E-state index in [1.807, 2.05) is 43.3 Å². The molecule has 37 heavy (non-hydrogen) atoms. The Bertz CT molecular complexity index is 1270. The minimum Gasteiger partial charge on any atom is -0.493 e. The number of methoxy groups -OCH3 is 1. The van der Waals surface area contributed by atoms with Crippen LogP contribution in [0.3, 0.4) is 0 Å². The molecule has 1 saturated heterocycles. The Labute approximate surface area is 224 Å². The fourth-order valence-electron chi connectivity index (χ4n) is 3.92. The second-order valence-corrected chi connectivity index (χ2v) is 9.52. The van der Waals surface area contributed by atoms with Gasteiger partial charge in [-0.25, -0.2) is 5.43 Å². The van der Waals surface area contributed by atoms with E-state index in [1.165, 1.54) is 26.2 Å². The van der Waals surface area contributed by atoms with Gasteiger partial charge in [0, 0.05) is 40.1 Å². The third-order valence-electron chi connectivity index (χ3n) is 5.95. The highest BCUT2D eigenvalue weighted by atomic mass is 79.9. The van der Waals surface area contributed by atoms with Gasteiger partial charge in [0.1, 0.15) is 0 Å². The van der Waals surface area contributed by atoms with Gasteiger partial charge in [-0.1, -0.05) is 17.7 Å². The summed E-state index contributed by atoms with van der Waals surface area (Å²) in [5.41, 5.74) is 6.69. The maximum Gasteiger partial charge on any atom is 0.271 e. The average Bonchev–Trinajstić information content (AvgIpc) is 3.45. The highest BCUT2D eigenvalue weighted by Crippen LogP contribution is 2.33. The molecule has 1 aliphatic heterocycles. The number of hydrogen-bond donors (Lipinski definition) is 2. The minimum atomic E-state index is -0.299. The second-order valence-electron chi connectivity index (χ2n) is 8.67. The molecule has 1 aliphatic rings. The van der Waals surface area contributed by atoms with Crippen molar-refractivity contribution in [3.05, 3.63) is 81.8 Å².